The van der Waals surface area contributed by atoms with Crippen molar-refractivity contribution >= 4 is 0 Å². The van der Waals surface area contributed by atoms with E-state index < -0.39 is 18.4 Å². The fraction of sp³-hybridized carbons (Fsp3) is 0.882. The second kappa shape index (κ2) is 8.76. The maximum absolute atomic E-state index is 14.5. The molecule has 1 fully saturated rings. The van der Waals surface area contributed by atoms with Gasteiger partial charge in [-0.25, -0.2) is 8.78 Å². The Morgan fingerprint density at radius 3 is 2.30 bits per heavy atom. The van der Waals surface area contributed by atoms with Crippen molar-refractivity contribution in [2.75, 3.05) is 6.61 Å². The Labute approximate surface area is 122 Å². The van der Waals surface area contributed by atoms with Crippen LogP contribution in [0.15, 0.2) is 12.7 Å². The molecule has 4 unspecified atom stereocenters. The SMILES string of the molecule is C=CCOC(CC)C(F)C(F)C(C)C1CCC(C)CC1. The molecular weight excluding hydrogens is 258 g/mol. The first-order chi connectivity index (χ1) is 9.51. The third kappa shape index (κ3) is 4.83. The minimum atomic E-state index is -1.53. The summed E-state index contributed by atoms with van der Waals surface area (Å²) in [5.74, 6) is 0.826. The molecule has 1 aliphatic rings. The van der Waals surface area contributed by atoms with Crippen molar-refractivity contribution in [2.24, 2.45) is 17.8 Å². The molecule has 0 N–H and O–H groups in total. The van der Waals surface area contributed by atoms with Crippen molar-refractivity contribution in [1.82, 2.24) is 0 Å². The van der Waals surface area contributed by atoms with Gasteiger partial charge in [0.25, 0.3) is 0 Å². The molecule has 0 heterocycles. The first kappa shape index (κ1) is 17.6. The van der Waals surface area contributed by atoms with Crippen LogP contribution in [0.3, 0.4) is 0 Å². The molecule has 1 aliphatic carbocycles. The minimum absolute atomic E-state index is 0.223. The maximum atomic E-state index is 14.5. The smallest absolute Gasteiger partial charge is 0.157 e. The average Bonchev–Trinajstić information content (AvgIpc) is 2.47. The number of hydrogen-bond acceptors (Lipinski definition) is 1. The molecule has 0 aliphatic heterocycles. The van der Waals surface area contributed by atoms with Gasteiger partial charge in [0.1, 0.15) is 6.17 Å². The molecule has 20 heavy (non-hydrogen) atoms. The standard InChI is InChI=1S/C17H30F2O/c1-5-11-20-15(6-2)17(19)16(18)13(4)14-9-7-12(3)8-10-14/h5,12-17H,1,6-11H2,2-4H3. The summed E-state index contributed by atoms with van der Waals surface area (Å²) in [5, 5.41) is 0. The van der Waals surface area contributed by atoms with E-state index in [2.05, 4.69) is 13.5 Å². The maximum Gasteiger partial charge on any atom is 0.157 e. The number of alkyl halides is 2. The molecule has 0 amide bonds. The number of ether oxygens (including phenoxy) is 1. The normalized spacial score (nSPS) is 29.4. The summed E-state index contributed by atoms with van der Waals surface area (Å²) in [4.78, 5) is 0. The van der Waals surface area contributed by atoms with Crippen molar-refractivity contribution < 1.29 is 13.5 Å². The molecule has 0 aromatic rings. The molecular formula is C17H30F2O. The predicted octanol–water partition coefficient (Wildman–Crippen LogP) is 5.11. The molecule has 0 saturated heterocycles. The lowest BCUT2D eigenvalue weighted by Crippen LogP contribution is -2.39. The summed E-state index contributed by atoms with van der Waals surface area (Å²) in [5.41, 5.74) is 0. The predicted molar refractivity (Wildman–Crippen MR) is 80.3 cm³/mol. The highest BCUT2D eigenvalue weighted by Crippen LogP contribution is 2.37. The minimum Gasteiger partial charge on any atom is -0.371 e. The molecule has 0 bridgehead atoms. The van der Waals surface area contributed by atoms with Crippen molar-refractivity contribution in [3.63, 3.8) is 0 Å². The van der Waals surface area contributed by atoms with E-state index in [1.807, 2.05) is 13.8 Å². The first-order valence-electron chi connectivity index (χ1n) is 8.01. The van der Waals surface area contributed by atoms with Gasteiger partial charge in [0, 0.05) is 0 Å². The zero-order chi connectivity index (χ0) is 15.1. The quantitative estimate of drug-likeness (QED) is 0.564. The van der Waals surface area contributed by atoms with Gasteiger partial charge in [0.2, 0.25) is 0 Å². The number of rotatable bonds is 8. The summed E-state index contributed by atoms with van der Waals surface area (Å²) in [6, 6.07) is 0. The fourth-order valence-electron chi connectivity index (χ4n) is 3.19. The Kier molecular flexibility index (Phi) is 7.71. The van der Waals surface area contributed by atoms with Crippen LogP contribution in [-0.2, 0) is 4.74 Å². The summed E-state index contributed by atoms with van der Waals surface area (Å²) >= 11 is 0. The van der Waals surface area contributed by atoms with E-state index in [4.69, 9.17) is 4.74 Å². The first-order valence-corrected chi connectivity index (χ1v) is 8.01. The molecule has 0 spiro atoms. The Hall–Kier alpha value is -0.440. The van der Waals surface area contributed by atoms with Crippen LogP contribution in [0.2, 0.25) is 0 Å². The highest BCUT2D eigenvalue weighted by molar-refractivity contribution is 4.86. The molecule has 118 valence electrons. The van der Waals surface area contributed by atoms with E-state index in [1.165, 1.54) is 0 Å². The number of halogens is 2. The summed E-state index contributed by atoms with van der Waals surface area (Å²) in [6.07, 6.45) is 2.79. The van der Waals surface area contributed by atoms with Gasteiger partial charge >= 0.3 is 0 Å². The molecule has 1 nitrogen and oxygen atoms in total. The Bertz CT molecular complexity index is 274. The highest BCUT2D eigenvalue weighted by atomic mass is 19.2. The van der Waals surface area contributed by atoms with Crippen molar-refractivity contribution in [1.29, 1.82) is 0 Å². The molecule has 0 aromatic heterocycles. The van der Waals surface area contributed by atoms with Crippen LogP contribution in [-0.4, -0.2) is 25.1 Å². The van der Waals surface area contributed by atoms with E-state index in [0.717, 1.165) is 31.6 Å². The largest absolute Gasteiger partial charge is 0.371 e. The molecule has 0 radical (unpaired) electrons. The molecule has 1 rings (SSSR count). The molecule has 1 saturated carbocycles. The molecule has 3 heteroatoms. The van der Waals surface area contributed by atoms with Gasteiger partial charge < -0.3 is 4.74 Å². The van der Waals surface area contributed by atoms with Crippen molar-refractivity contribution in [2.45, 2.75) is 71.3 Å². The topological polar surface area (TPSA) is 9.23 Å². The van der Waals surface area contributed by atoms with Crippen LogP contribution in [0, 0.1) is 17.8 Å². The third-order valence-electron chi connectivity index (χ3n) is 4.80. The van der Waals surface area contributed by atoms with E-state index in [-0.39, 0.29) is 12.5 Å². The van der Waals surface area contributed by atoms with E-state index in [1.54, 1.807) is 6.08 Å². The van der Waals surface area contributed by atoms with Gasteiger partial charge in [0.05, 0.1) is 12.7 Å². The Balaban J connectivity index is 2.52. The van der Waals surface area contributed by atoms with Gasteiger partial charge in [-0.1, -0.05) is 39.7 Å². The van der Waals surface area contributed by atoms with Gasteiger partial charge in [-0.05, 0) is 37.0 Å². The van der Waals surface area contributed by atoms with Crippen LogP contribution in [0.1, 0.15) is 52.9 Å². The molecule has 4 atom stereocenters. The zero-order valence-electron chi connectivity index (χ0n) is 13.2. The van der Waals surface area contributed by atoms with E-state index in [0.29, 0.717) is 12.3 Å². The summed E-state index contributed by atoms with van der Waals surface area (Å²) in [7, 11) is 0. The van der Waals surface area contributed by atoms with Gasteiger partial charge in [-0.3, -0.25) is 0 Å². The van der Waals surface area contributed by atoms with Crippen molar-refractivity contribution in [3.05, 3.63) is 12.7 Å². The third-order valence-corrected chi connectivity index (χ3v) is 4.80. The van der Waals surface area contributed by atoms with E-state index >= 15 is 0 Å². The van der Waals surface area contributed by atoms with Crippen molar-refractivity contribution in [3.8, 4) is 0 Å². The fourth-order valence-corrected chi connectivity index (χ4v) is 3.19. The molecule has 0 aromatic carbocycles. The lowest BCUT2D eigenvalue weighted by molar-refractivity contribution is -0.0429. The second-order valence-electron chi connectivity index (χ2n) is 6.34. The monoisotopic (exact) mass is 288 g/mol. The van der Waals surface area contributed by atoms with Crippen LogP contribution in [0.5, 0.6) is 0 Å². The van der Waals surface area contributed by atoms with Gasteiger partial charge in [0.15, 0.2) is 6.17 Å². The Morgan fingerprint density at radius 2 is 1.80 bits per heavy atom. The zero-order valence-corrected chi connectivity index (χ0v) is 13.2. The lowest BCUT2D eigenvalue weighted by atomic mass is 9.74. The Morgan fingerprint density at radius 1 is 1.20 bits per heavy atom. The van der Waals surface area contributed by atoms with Crippen LogP contribution < -0.4 is 0 Å². The van der Waals surface area contributed by atoms with Crippen LogP contribution in [0.25, 0.3) is 0 Å². The average molecular weight is 288 g/mol. The summed E-state index contributed by atoms with van der Waals surface area (Å²) in [6.45, 7) is 9.75. The van der Waals surface area contributed by atoms with Crippen LogP contribution in [0.4, 0.5) is 8.78 Å². The summed E-state index contributed by atoms with van der Waals surface area (Å²) < 4.78 is 34.1. The van der Waals surface area contributed by atoms with Gasteiger partial charge in [-0.2, -0.15) is 0 Å². The lowest BCUT2D eigenvalue weighted by Gasteiger charge is -2.34. The van der Waals surface area contributed by atoms with Crippen LogP contribution >= 0.6 is 0 Å². The second-order valence-corrected chi connectivity index (χ2v) is 6.34. The highest BCUT2D eigenvalue weighted by Gasteiger charge is 2.37. The number of hydrogen-bond donors (Lipinski definition) is 0. The van der Waals surface area contributed by atoms with E-state index in [9.17, 15) is 8.78 Å². The van der Waals surface area contributed by atoms with Gasteiger partial charge in [-0.15, -0.1) is 6.58 Å².